The average Bonchev–Trinajstić information content (AvgIpc) is 1.99. The molecule has 0 aromatic carbocycles. The first kappa shape index (κ1) is 14.2. The van der Waals surface area contributed by atoms with E-state index >= 15 is 0 Å². The quantitative estimate of drug-likeness (QED) is 0.517. The predicted molar refractivity (Wildman–Crippen MR) is 62.7 cm³/mol. The lowest BCUT2D eigenvalue weighted by Crippen LogP contribution is -2.21. The van der Waals surface area contributed by atoms with Crippen LogP contribution in [0.4, 0.5) is 0 Å². The Balaban J connectivity index is 3.86. The van der Waals surface area contributed by atoms with Gasteiger partial charge >= 0.3 is 5.97 Å². The van der Waals surface area contributed by atoms with Gasteiger partial charge in [-0.3, -0.25) is 0 Å². The van der Waals surface area contributed by atoms with E-state index in [1.54, 1.807) is 0 Å². The highest BCUT2D eigenvalue weighted by molar-refractivity contribution is 5.87. The monoisotopic (exact) mass is 213 g/mol. The molecule has 0 aromatic rings. The molecular formula is C12H23NO2. The Hall–Kier alpha value is -0.830. The van der Waals surface area contributed by atoms with Gasteiger partial charge in [-0.2, -0.15) is 0 Å². The number of rotatable bonds is 5. The van der Waals surface area contributed by atoms with E-state index in [0.29, 0.717) is 18.6 Å². The summed E-state index contributed by atoms with van der Waals surface area (Å²) >= 11 is 0. The van der Waals surface area contributed by atoms with Gasteiger partial charge in [-0.15, -0.1) is 0 Å². The van der Waals surface area contributed by atoms with Gasteiger partial charge in [0.15, 0.2) is 0 Å². The fourth-order valence-corrected chi connectivity index (χ4v) is 1.14. The second-order valence-corrected chi connectivity index (χ2v) is 5.28. The molecule has 88 valence electrons. The minimum absolute atomic E-state index is 0.0810. The van der Waals surface area contributed by atoms with Gasteiger partial charge < -0.3 is 9.64 Å². The first-order valence-corrected chi connectivity index (χ1v) is 5.22. The first-order chi connectivity index (χ1) is 6.72. The maximum Gasteiger partial charge on any atom is 0.333 e. The van der Waals surface area contributed by atoms with Crippen molar-refractivity contribution in [3.8, 4) is 0 Å². The lowest BCUT2D eigenvalue weighted by atomic mass is 9.88. The number of hydrogen-bond acceptors (Lipinski definition) is 3. The van der Waals surface area contributed by atoms with E-state index in [1.807, 2.05) is 19.0 Å². The van der Waals surface area contributed by atoms with E-state index < -0.39 is 0 Å². The second-order valence-electron chi connectivity index (χ2n) is 5.28. The molecule has 0 atom stereocenters. The largest absolute Gasteiger partial charge is 0.461 e. The van der Waals surface area contributed by atoms with Crippen LogP contribution in [0.1, 0.15) is 27.2 Å². The first-order valence-electron chi connectivity index (χ1n) is 5.22. The number of carbonyl (C=O) groups is 1. The average molecular weight is 213 g/mol. The summed E-state index contributed by atoms with van der Waals surface area (Å²) in [5, 5.41) is 0. The highest BCUT2D eigenvalue weighted by Gasteiger charge is 2.17. The third kappa shape index (κ3) is 8.18. The van der Waals surface area contributed by atoms with E-state index in [-0.39, 0.29) is 11.4 Å². The Kier molecular flexibility index (Phi) is 5.58. The third-order valence-electron chi connectivity index (χ3n) is 1.80. The van der Waals surface area contributed by atoms with Gasteiger partial charge in [-0.1, -0.05) is 27.4 Å². The summed E-state index contributed by atoms with van der Waals surface area (Å²) in [5.41, 5.74) is 0.638. The SMILES string of the molecule is C=C(CC(C)(C)C)C(=O)OCCN(C)C. The lowest BCUT2D eigenvalue weighted by Gasteiger charge is -2.19. The number of carbonyl (C=O) groups excluding carboxylic acids is 1. The van der Waals surface area contributed by atoms with Gasteiger partial charge in [0, 0.05) is 12.1 Å². The summed E-state index contributed by atoms with van der Waals surface area (Å²) in [6.45, 7) is 11.1. The third-order valence-corrected chi connectivity index (χ3v) is 1.80. The molecule has 0 saturated heterocycles. The summed E-state index contributed by atoms with van der Waals surface area (Å²) in [6, 6.07) is 0. The second kappa shape index (κ2) is 5.91. The van der Waals surface area contributed by atoms with Gasteiger partial charge in [-0.25, -0.2) is 4.79 Å². The van der Waals surface area contributed by atoms with Crippen LogP contribution in [0.25, 0.3) is 0 Å². The number of nitrogens with zero attached hydrogens (tertiary/aromatic N) is 1. The Morgan fingerprint density at radius 3 is 2.27 bits per heavy atom. The van der Waals surface area contributed by atoms with Gasteiger partial charge in [0.2, 0.25) is 0 Å². The molecule has 0 saturated carbocycles. The number of ether oxygens (including phenoxy) is 1. The van der Waals surface area contributed by atoms with Crippen LogP contribution in [0.15, 0.2) is 12.2 Å². The Morgan fingerprint density at radius 2 is 1.87 bits per heavy atom. The topological polar surface area (TPSA) is 29.5 Å². The minimum atomic E-state index is -0.272. The molecule has 0 aliphatic rings. The Morgan fingerprint density at radius 1 is 1.33 bits per heavy atom. The van der Waals surface area contributed by atoms with Gasteiger partial charge in [0.25, 0.3) is 0 Å². The van der Waals surface area contributed by atoms with Crippen molar-refractivity contribution in [3.05, 3.63) is 12.2 Å². The fraction of sp³-hybridized carbons (Fsp3) is 0.750. The zero-order chi connectivity index (χ0) is 12.1. The van der Waals surface area contributed by atoms with Crippen molar-refractivity contribution >= 4 is 5.97 Å². The van der Waals surface area contributed by atoms with Crippen LogP contribution in [0.2, 0.25) is 0 Å². The van der Waals surface area contributed by atoms with E-state index in [4.69, 9.17) is 4.74 Å². The van der Waals surface area contributed by atoms with Crippen LogP contribution in [-0.2, 0) is 9.53 Å². The Bertz CT molecular complexity index is 226. The van der Waals surface area contributed by atoms with Crippen LogP contribution >= 0.6 is 0 Å². The molecule has 0 bridgehead atoms. The molecule has 0 N–H and O–H groups in total. The molecule has 0 radical (unpaired) electrons. The normalized spacial score (nSPS) is 11.6. The van der Waals surface area contributed by atoms with Gasteiger partial charge in [0.1, 0.15) is 6.61 Å². The van der Waals surface area contributed by atoms with Crippen molar-refractivity contribution in [1.29, 1.82) is 0 Å². The van der Waals surface area contributed by atoms with Crippen molar-refractivity contribution in [1.82, 2.24) is 4.90 Å². The molecule has 0 heterocycles. The maximum absolute atomic E-state index is 11.5. The van der Waals surface area contributed by atoms with E-state index in [0.717, 1.165) is 6.54 Å². The molecule has 0 fully saturated rings. The summed E-state index contributed by atoms with van der Waals surface area (Å²) in [5.74, 6) is -0.272. The molecule has 0 aliphatic heterocycles. The van der Waals surface area contributed by atoms with E-state index in [2.05, 4.69) is 27.4 Å². The lowest BCUT2D eigenvalue weighted by molar-refractivity contribution is -0.139. The van der Waals surface area contributed by atoms with Crippen LogP contribution in [0.3, 0.4) is 0 Å². The van der Waals surface area contributed by atoms with Crippen molar-refractivity contribution < 1.29 is 9.53 Å². The highest BCUT2D eigenvalue weighted by Crippen LogP contribution is 2.23. The molecule has 0 spiro atoms. The fourth-order valence-electron chi connectivity index (χ4n) is 1.14. The molecule has 0 unspecified atom stereocenters. The van der Waals surface area contributed by atoms with Crippen molar-refractivity contribution in [2.75, 3.05) is 27.2 Å². The zero-order valence-electron chi connectivity index (χ0n) is 10.6. The molecule has 3 heteroatoms. The number of esters is 1. The summed E-state index contributed by atoms with van der Waals surface area (Å²) in [4.78, 5) is 13.4. The van der Waals surface area contributed by atoms with E-state index in [1.165, 1.54) is 0 Å². The van der Waals surface area contributed by atoms with Crippen molar-refractivity contribution in [3.63, 3.8) is 0 Å². The van der Waals surface area contributed by atoms with Crippen molar-refractivity contribution in [2.24, 2.45) is 5.41 Å². The summed E-state index contributed by atoms with van der Waals surface area (Å²) in [7, 11) is 3.88. The van der Waals surface area contributed by atoms with Crippen LogP contribution < -0.4 is 0 Å². The standard InChI is InChI=1S/C12H23NO2/c1-10(9-12(2,3)4)11(14)15-8-7-13(5)6/h1,7-9H2,2-6H3. The summed E-state index contributed by atoms with van der Waals surface area (Å²) in [6.07, 6.45) is 0.674. The molecule has 0 amide bonds. The van der Waals surface area contributed by atoms with Crippen LogP contribution in [-0.4, -0.2) is 38.1 Å². The van der Waals surface area contributed by atoms with Gasteiger partial charge in [-0.05, 0) is 25.9 Å². The molecule has 3 nitrogen and oxygen atoms in total. The van der Waals surface area contributed by atoms with E-state index in [9.17, 15) is 4.79 Å². The number of hydrogen-bond donors (Lipinski definition) is 0. The highest BCUT2D eigenvalue weighted by atomic mass is 16.5. The predicted octanol–water partition coefficient (Wildman–Crippen LogP) is 2.08. The van der Waals surface area contributed by atoms with Crippen LogP contribution in [0, 0.1) is 5.41 Å². The summed E-state index contributed by atoms with van der Waals surface area (Å²) < 4.78 is 5.08. The molecule has 0 rings (SSSR count). The minimum Gasteiger partial charge on any atom is -0.461 e. The smallest absolute Gasteiger partial charge is 0.333 e. The molecule has 15 heavy (non-hydrogen) atoms. The molecular weight excluding hydrogens is 190 g/mol. The Labute approximate surface area is 93.1 Å². The molecule has 0 aliphatic carbocycles. The number of likely N-dealkylation sites (N-methyl/N-ethyl adjacent to an activating group) is 1. The zero-order valence-corrected chi connectivity index (χ0v) is 10.6. The van der Waals surface area contributed by atoms with Crippen LogP contribution in [0.5, 0.6) is 0 Å². The maximum atomic E-state index is 11.5. The van der Waals surface area contributed by atoms with Crippen molar-refractivity contribution in [2.45, 2.75) is 27.2 Å². The van der Waals surface area contributed by atoms with Gasteiger partial charge in [0.05, 0.1) is 0 Å². The molecule has 0 aromatic heterocycles.